The predicted octanol–water partition coefficient (Wildman–Crippen LogP) is 2.44. The number of carbonyl (C=O) groups excluding carboxylic acids is 2. The lowest BCUT2D eigenvalue weighted by molar-refractivity contribution is -0.124. The van der Waals surface area contributed by atoms with Gasteiger partial charge < -0.3 is 20.5 Å². The maximum atomic E-state index is 13.1. The second kappa shape index (κ2) is 10.4. The van der Waals surface area contributed by atoms with E-state index in [1.165, 1.54) is 12.1 Å². The van der Waals surface area contributed by atoms with E-state index in [1.54, 1.807) is 36.4 Å². The smallest absolute Gasteiger partial charge is 0.258 e. The third kappa shape index (κ3) is 6.35. The molecule has 0 heterocycles. The molecule has 2 aromatic carbocycles. The zero-order valence-corrected chi connectivity index (χ0v) is 15.9. The summed E-state index contributed by atoms with van der Waals surface area (Å²) in [6, 6.07) is 12.1. The molecule has 0 bridgehead atoms. The van der Waals surface area contributed by atoms with Crippen LogP contribution in [0.4, 0.5) is 4.39 Å². The lowest BCUT2D eigenvalue weighted by Crippen LogP contribution is -2.35. The van der Waals surface area contributed by atoms with Crippen molar-refractivity contribution in [3.63, 3.8) is 0 Å². The fourth-order valence-corrected chi connectivity index (χ4v) is 2.64. The number of hydrogen-bond donors (Lipinski definition) is 3. The topological polar surface area (TPSA) is 87.7 Å². The minimum Gasteiger partial charge on any atom is -0.484 e. The lowest BCUT2D eigenvalue weighted by Gasteiger charge is -2.23. The molecule has 1 unspecified atom stereocenters. The molecule has 0 saturated heterocycles. The molecule has 0 aromatic heterocycles. The van der Waals surface area contributed by atoms with Crippen molar-refractivity contribution in [3.8, 4) is 5.75 Å². The summed E-state index contributed by atoms with van der Waals surface area (Å²) in [6.45, 7) is 3.81. The van der Waals surface area contributed by atoms with Gasteiger partial charge in [-0.05, 0) is 47.9 Å². The van der Waals surface area contributed by atoms with Gasteiger partial charge >= 0.3 is 0 Å². The van der Waals surface area contributed by atoms with Crippen LogP contribution < -0.4 is 15.4 Å². The van der Waals surface area contributed by atoms with Gasteiger partial charge in [-0.1, -0.05) is 26.0 Å². The Morgan fingerprint density at radius 1 is 1.07 bits per heavy atom. The molecule has 0 saturated carbocycles. The lowest BCUT2D eigenvalue weighted by atomic mass is 9.96. The Hall–Kier alpha value is -2.93. The number of hydrogen-bond acceptors (Lipinski definition) is 4. The van der Waals surface area contributed by atoms with Gasteiger partial charge in [-0.25, -0.2) is 4.39 Å². The first kappa shape index (κ1) is 21.4. The Balaban J connectivity index is 1.90. The summed E-state index contributed by atoms with van der Waals surface area (Å²) in [5, 5.41) is 14.2. The molecule has 28 heavy (non-hydrogen) atoms. The fourth-order valence-electron chi connectivity index (χ4n) is 2.64. The molecule has 150 valence electrons. The Morgan fingerprint density at radius 2 is 1.71 bits per heavy atom. The third-order valence-corrected chi connectivity index (χ3v) is 4.10. The standard InChI is InChI=1S/C21H25FN2O4/c1-14(2)20(15-3-7-17(22)8-4-15)24-19(26)13-28-18-9-5-16(6-10-18)21(27)23-11-12-25/h3-10,14,20,25H,11-13H2,1-2H3,(H,23,27)(H,24,26). The van der Waals surface area contributed by atoms with Crippen molar-refractivity contribution in [3.05, 3.63) is 65.5 Å². The third-order valence-electron chi connectivity index (χ3n) is 4.10. The van der Waals surface area contributed by atoms with E-state index in [1.807, 2.05) is 13.8 Å². The highest BCUT2D eigenvalue weighted by Gasteiger charge is 2.18. The molecule has 2 amide bonds. The molecule has 0 fully saturated rings. The van der Waals surface area contributed by atoms with Crippen LogP contribution in [0, 0.1) is 11.7 Å². The SMILES string of the molecule is CC(C)C(NC(=O)COc1ccc(C(=O)NCCO)cc1)c1ccc(F)cc1. The number of halogens is 1. The van der Waals surface area contributed by atoms with Gasteiger partial charge in [0.1, 0.15) is 11.6 Å². The van der Waals surface area contributed by atoms with Crippen molar-refractivity contribution < 1.29 is 23.8 Å². The molecule has 0 radical (unpaired) electrons. The first-order valence-electron chi connectivity index (χ1n) is 9.07. The van der Waals surface area contributed by atoms with E-state index < -0.39 is 0 Å². The molecular formula is C21H25FN2O4. The highest BCUT2D eigenvalue weighted by molar-refractivity contribution is 5.94. The number of aliphatic hydroxyl groups is 1. The van der Waals surface area contributed by atoms with Crippen LogP contribution in [0.25, 0.3) is 0 Å². The van der Waals surface area contributed by atoms with E-state index in [-0.39, 0.29) is 49.3 Å². The van der Waals surface area contributed by atoms with E-state index in [4.69, 9.17) is 9.84 Å². The number of rotatable bonds is 9. The van der Waals surface area contributed by atoms with Crippen molar-refractivity contribution in [1.29, 1.82) is 0 Å². The quantitative estimate of drug-likeness (QED) is 0.616. The van der Waals surface area contributed by atoms with Crippen molar-refractivity contribution in [2.45, 2.75) is 19.9 Å². The second-order valence-corrected chi connectivity index (χ2v) is 6.63. The molecular weight excluding hydrogens is 363 g/mol. The van der Waals surface area contributed by atoms with Gasteiger partial charge in [-0.15, -0.1) is 0 Å². The summed E-state index contributed by atoms with van der Waals surface area (Å²) in [4.78, 5) is 24.0. The van der Waals surface area contributed by atoms with Gasteiger partial charge in [0.2, 0.25) is 0 Å². The fraction of sp³-hybridized carbons (Fsp3) is 0.333. The Bertz CT molecular complexity index is 776. The average molecular weight is 388 g/mol. The molecule has 6 nitrogen and oxygen atoms in total. The van der Waals surface area contributed by atoms with E-state index in [2.05, 4.69) is 10.6 Å². The van der Waals surface area contributed by atoms with E-state index >= 15 is 0 Å². The van der Waals surface area contributed by atoms with Gasteiger partial charge in [-0.3, -0.25) is 9.59 Å². The first-order chi connectivity index (χ1) is 13.4. The number of aliphatic hydroxyl groups excluding tert-OH is 1. The molecule has 0 spiro atoms. The molecule has 1 atom stereocenters. The predicted molar refractivity (Wildman–Crippen MR) is 103 cm³/mol. The Kier molecular flexibility index (Phi) is 7.95. The van der Waals surface area contributed by atoms with E-state index in [0.29, 0.717) is 11.3 Å². The maximum absolute atomic E-state index is 13.1. The van der Waals surface area contributed by atoms with Crippen LogP contribution in [0.3, 0.4) is 0 Å². The summed E-state index contributed by atoms with van der Waals surface area (Å²) in [6.07, 6.45) is 0. The van der Waals surface area contributed by atoms with Gasteiger partial charge in [0.05, 0.1) is 12.6 Å². The van der Waals surface area contributed by atoms with Crippen LogP contribution in [0.2, 0.25) is 0 Å². The number of ether oxygens (including phenoxy) is 1. The summed E-state index contributed by atoms with van der Waals surface area (Å²) >= 11 is 0. The Labute approximate surface area is 163 Å². The summed E-state index contributed by atoms with van der Waals surface area (Å²) in [5.74, 6) is -0.345. The molecule has 0 aliphatic rings. The van der Waals surface area contributed by atoms with Crippen LogP contribution in [-0.2, 0) is 4.79 Å². The zero-order valence-electron chi connectivity index (χ0n) is 15.9. The van der Waals surface area contributed by atoms with Gasteiger partial charge in [-0.2, -0.15) is 0 Å². The minimum absolute atomic E-state index is 0.117. The summed E-state index contributed by atoms with van der Waals surface area (Å²) in [5.41, 5.74) is 1.25. The van der Waals surface area contributed by atoms with Gasteiger partial charge in [0, 0.05) is 12.1 Å². The number of nitrogens with one attached hydrogen (secondary N) is 2. The van der Waals surface area contributed by atoms with Crippen molar-refractivity contribution >= 4 is 11.8 Å². The number of amides is 2. The maximum Gasteiger partial charge on any atom is 0.258 e. The van der Waals surface area contributed by atoms with E-state index in [9.17, 15) is 14.0 Å². The van der Waals surface area contributed by atoms with Gasteiger partial charge in [0.15, 0.2) is 6.61 Å². The molecule has 7 heteroatoms. The average Bonchev–Trinajstić information content (AvgIpc) is 2.69. The molecule has 0 aliphatic heterocycles. The van der Waals surface area contributed by atoms with Crippen LogP contribution in [0.15, 0.2) is 48.5 Å². The highest BCUT2D eigenvalue weighted by Crippen LogP contribution is 2.22. The number of carbonyl (C=O) groups is 2. The molecule has 2 aromatic rings. The monoisotopic (exact) mass is 388 g/mol. The minimum atomic E-state index is -0.325. The summed E-state index contributed by atoms with van der Waals surface area (Å²) in [7, 11) is 0. The molecule has 0 aliphatic carbocycles. The zero-order chi connectivity index (χ0) is 20.5. The van der Waals surface area contributed by atoms with Crippen LogP contribution in [0.1, 0.15) is 35.8 Å². The number of benzene rings is 2. The van der Waals surface area contributed by atoms with Crippen molar-refractivity contribution in [1.82, 2.24) is 10.6 Å². The van der Waals surface area contributed by atoms with Gasteiger partial charge in [0.25, 0.3) is 11.8 Å². The summed E-state index contributed by atoms with van der Waals surface area (Å²) < 4.78 is 18.6. The first-order valence-corrected chi connectivity index (χ1v) is 9.07. The van der Waals surface area contributed by atoms with Crippen LogP contribution in [0.5, 0.6) is 5.75 Å². The van der Waals surface area contributed by atoms with Crippen molar-refractivity contribution in [2.24, 2.45) is 5.92 Å². The second-order valence-electron chi connectivity index (χ2n) is 6.63. The Morgan fingerprint density at radius 3 is 2.29 bits per heavy atom. The highest BCUT2D eigenvalue weighted by atomic mass is 19.1. The largest absolute Gasteiger partial charge is 0.484 e. The van der Waals surface area contributed by atoms with Crippen LogP contribution >= 0.6 is 0 Å². The normalized spacial score (nSPS) is 11.8. The van der Waals surface area contributed by atoms with Crippen LogP contribution in [-0.4, -0.2) is 36.7 Å². The molecule has 2 rings (SSSR count). The van der Waals surface area contributed by atoms with Crippen molar-refractivity contribution in [2.75, 3.05) is 19.8 Å². The molecule has 3 N–H and O–H groups in total. The van der Waals surface area contributed by atoms with E-state index in [0.717, 1.165) is 5.56 Å².